The van der Waals surface area contributed by atoms with Crippen molar-refractivity contribution in [1.82, 2.24) is 4.57 Å². The van der Waals surface area contributed by atoms with Crippen LogP contribution in [-0.4, -0.2) is 28.3 Å². The normalized spacial score (nSPS) is 10.9. The zero-order valence-electron chi connectivity index (χ0n) is 15.0. The molecule has 0 aliphatic carbocycles. The van der Waals surface area contributed by atoms with Crippen LogP contribution in [0.15, 0.2) is 33.2 Å². The van der Waals surface area contributed by atoms with Gasteiger partial charge < -0.3 is 9.84 Å². The molecule has 0 atom stereocenters. The van der Waals surface area contributed by atoms with Crippen molar-refractivity contribution in [1.29, 1.82) is 5.26 Å². The van der Waals surface area contributed by atoms with Gasteiger partial charge in [0.2, 0.25) is 5.88 Å². The highest BCUT2D eigenvalue weighted by molar-refractivity contribution is 6.33. The van der Waals surface area contributed by atoms with Crippen LogP contribution in [0, 0.1) is 28.4 Å². The number of nitro benzene ring substituents is 1. The molecule has 1 aromatic carbocycles. The van der Waals surface area contributed by atoms with E-state index >= 15 is 0 Å². The zero-order valence-corrected chi connectivity index (χ0v) is 15.8. The number of aromatic nitrogens is 1. The van der Waals surface area contributed by atoms with Gasteiger partial charge in [-0.2, -0.15) is 5.26 Å². The zero-order chi connectivity index (χ0) is 20.8. The first-order chi connectivity index (χ1) is 13.3. The Hall–Kier alpha value is -3.29. The molecule has 0 bridgehead atoms. The summed E-state index contributed by atoms with van der Waals surface area (Å²) in [5.41, 5.74) is -0.802. The lowest BCUT2D eigenvalue weighted by Gasteiger charge is -2.12. The van der Waals surface area contributed by atoms with Crippen LogP contribution in [0.25, 0.3) is 0 Å². The predicted octanol–water partition coefficient (Wildman–Crippen LogP) is 3.75. The standard InChI is InChI=1S/C17H16ClN5O5/c1-10-12(9-19)16(24)22(6-3-7-28-2)17(25)15(10)21-20-14-5-4-11(23(26)27)8-13(14)18/h4-5,8,24H,3,6-7H2,1-2H3. The second kappa shape index (κ2) is 9.07. The second-order valence-corrected chi connectivity index (χ2v) is 6.09. The maximum absolute atomic E-state index is 12.7. The van der Waals surface area contributed by atoms with Gasteiger partial charge in [-0.25, -0.2) is 0 Å². The predicted molar refractivity (Wildman–Crippen MR) is 101 cm³/mol. The molecule has 1 N–H and O–H groups in total. The Labute approximate surface area is 164 Å². The maximum atomic E-state index is 12.7. The summed E-state index contributed by atoms with van der Waals surface area (Å²) in [5.74, 6) is -0.451. The summed E-state index contributed by atoms with van der Waals surface area (Å²) >= 11 is 5.97. The van der Waals surface area contributed by atoms with Gasteiger partial charge in [-0.15, -0.1) is 10.2 Å². The molecule has 0 amide bonds. The van der Waals surface area contributed by atoms with E-state index in [1.54, 1.807) is 0 Å². The Morgan fingerprint density at radius 2 is 2.14 bits per heavy atom. The van der Waals surface area contributed by atoms with Crippen molar-refractivity contribution < 1.29 is 14.8 Å². The minimum Gasteiger partial charge on any atom is -0.493 e. The van der Waals surface area contributed by atoms with E-state index in [-0.39, 0.29) is 39.8 Å². The number of ether oxygens (including phenoxy) is 1. The molecule has 2 aromatic rings. The van der Waals surface area contributed by atoms with Gasteiger partial charge >= 0.3 is 0 Å². The fourth-order valence-electron chi connectivity index (χ4n) is 2.43. The van der Waals surface area contributed by atoms with Crippen LogP contribution < -0.4 is 5.56 Å². The Morgan fingerprint density at radius 1 is 1.43 bits per heavy atom. The van der Waals surface area contributed by atoms with Gasteiger partial charge in [-0.1, -0.05) is 11.6 Å². The lowest BCUT2D eigenvalue weighted by atomic mass is 10.1. The number of hydrogen-bond acceptors (Lipinski definition) is 8. The highest BCUT2D eigenvalue weighted by Gasteiger charge is 2.19. The number of benzene rings is 1. The molecule has 0 aliphatic heterocycles. The first-order valence-corrected chi connectivity index (χ1v) is 8.40. The summed E-state index contributed by atoms with van der Waals surface area (Å²) in [6, 6.07) is 5.46. The highest BCUT2D eigenvalue weighted by Crippen LogP contribution is 2.31. The van der Waals surface area contributed by atoms with E-state index in [0.29, 0.717) is 13.0 Å². The molecule has 0 unspecified atom stereocenters. The number of non-ortho nitro benzene ring substituents is 1. The molecule has 146 valence electrons. The molecular formula is C17H16ClN5O5. The summed E-state index contributed by atoms with van der Waals surface area (Å²) in [6.07, 6.45) is 0.433. The van der Waals surface area contributed by atoms with Gasteiger partial charge in [0.25, 0.3) is 11.2 Å². The minimum absolute atomic E-state index is 0.0182. The van der Waals surface area contributed by atoms with Gasteiger partial charge in [0.15, 0.2) is 5.69 Å². The Morgan fingerprint density at radius 3 is 2.71 bits per heavy atom. The van der Waals surface area contributed by atoms with E-state index < -0.39 is 16.4 Å². The third kappa shape index (κ3) is 4.33. The molecular weight excluding hydrogens is 390 g/mol. The van der Waals surface area contributed by atoms with Gasteiger partial charge in [0.1, 0.15) is 17.3 Å². The summed E-state index contributed by atoms with van der Waals surface area (Å²) < 4.78 is 5.96. The fraction of sp³-hybridized carbons (Fsp3) is 0.294. The Balaban J connectivity index is 2.52. The first-order valence-electron chi connectivity index (χ1n) is 8.02. The van der Waals surface area contributed by atoms with Gasteiger partial charge in [-0.3, -0.25) is 19.5 Å². The molecule has 2 rings (SSSR count). The molecule has 0 radical (unpaired) electrons. The smallest absolute Gasteiger partial charge is 0.281 e. The van der Waals surface area contributed by atoms with Crippen molar-refractivity contribution in [2.24, 2.45) is 10.2 Å². The van der Waals surface area contributed by atoms with E-state index in [1.807, 2.05) is 6.07 Å². The molecule has 11 heteroatoms. The number of hydrogen-bond donors (Lipinski definition) is 1. The first kappa shape index (κ1) is 21.0. The SMILES string of the molecule is COCCCn1c(O)c(C#N)c(C)c(N=Nc2ccc([N+](=O)[O-])cc2Cl)c1=O. The molecule has 0 saturated carbocycles. The van der Waals surface area contributed by atoms with E-state index in [1.165, 1.54) is 26.2 Å². The molecule has 0 aliphatic rings. The summed E-state index contributed by atoms with van der Waals surface area (Å²) in [5, 5.41) is 38.1. The molecule has 28 heavy (non-hydrogen) atoms. The lowest BCUT2D eigenvalue weighted by molar-refractivity contribution is -0.384. The number of halogens is 1. The Bertz CT molecular complexity index is 1040. The monoisotopic (exact) mass is 405 g/mol. The molecule has 10 nitrogen and oxygen atoms in total. The molecule has 0 spiro atoms. The van der Waals surface area contributed by atoms with Crippen LogP contribution in [-0.2, 0) is 11.3 Å². The maximum Gasteiger partial charge on any atom is 0.281 e. The average Bonchev–Trinajstić information content (AvgIpc) is 2.65. The lowest BCUT2D eigenvalue weighted by Crippen LogP contribution is -2.22. The van der Waals surface area contributed by atoms with Crippen molar-refractivity contribution in [2.45, 2.75) is 19.9 Å². The van der Waals surface area contributed by atoms with E-state index in [2.05, 4.69) is 10.2 Å². The number of nitrogens with zero attached hydrogens (tertiary/aromatic N) is 5. The van der Waals surface area contributed by atoms with Gasteiger partial charge in [-0.05, 0) is 19.4 Å². The van der Waals surface area contributed by atoms with Crippen LogP contribution in [0.3, 0.4) is 0 Å². The largest absolute Gasteiger partial charge is 0.493 e. The van der Waals surface area contributed by atoms with E-state index in [9.17, 15) is 25.3 Å². The van der Waals surface area contributed by atoms with Crippen LogP contribution >= 0.6 is 11.6 Å². The highest BCUT2D eigenvalue weighted by atomic mass is 35.5. The van der Waals surface area contributed by atoms with E-state index in [4.69, 9.17) is 16.3 Å². The van der Waals surface area contributed by atoms with Crippen LogP contribution in [0.1, 0.15) is 17.5 Å². The van der Waals surface area contributed by atoms with Crippen LogP contribution in [0.4, 0.5) is 17.1 Å². The van der Waals surface area contributed by atoms with Crippen molar-refractivity contribution >= 4 is 28.7 Å². The molecule has 0 fully saturated rings. The third-order valence-electron chi connectivity index (χ3n) is 3.90. The van der Waals surface area contributed by atoms with Gasteiger partial charge in [0.05, 0.1) is 9.95 Å². The molecule has 0 saturated heterocycles. The summed E-state index contributed by atoms with van der Waals surface area (Å²) in [6.45, 7) is 1.94. The average molecular weight is 406 g/mol. The third-order valence-corrected chi connectivity index (χ3v) is 4.20. The van der Waals surface area contributed by atoms with Crippen molar-refractivity contribution in [2.75, 3.05) is 13.7 Å². The number of nitro groups is 1. The number of rotatable bonds is 7. The fourth-order valence-corrected chi connectivity index (χ4v) is 2.64. The number of azo groups is 1. The summed E-state index contributed by atoms with van der Waals surface area (Å²) in [4.78, 5) is 22.9. The Kier molecular flexibility index (Phi) is 6.81. The van der Waals surface area contributed by atoms with Gasteiger partial charge in [0, 0.05) is 38.0 Å². The second-order valence-electron chi connectivity index (χ2n) is 5.68. The molecule has 1 heterocycles. The number of pyridine rings is 1. The van der Waals surface area contributed by atoms with Crippen molar-refractivity contribution in [3.63, 3.8) is 0 Å². The minimum atomic E-state index is -0.633. The number of aromatic hydroxyl groups is 1. The quantitative estimate of drug-likeness (QED) is 0.321. The number of methoxy groups -OCH3 is 1. The molecule has 1 aromatic heterocycles. The number of nitriles is 1. The van der Waals surface area contributed by atoms with Crippen molar-refractivity contribution in [3.8, 4) is 11.9 Å². The summed E-state index contributed by atoms with van der Waals surface area (Å²) in [7, 11) is 1.51. The van der Waals surface area contributed by atoms with Crippen molar-refractivity contribution in [3.05, 3.63) is 54.8 Å². The van der Waals surface area contributed by atoms with E-state index in [0.717, 1.165) is 10.6 Å². The van der Waals surface area contributed by atoms with Crippen LogP contribution in [0.5, 0.6) is 5.88 Å². The topological polar surface area (TPSA) is 143 Å². The van der Waals surface area contributed by atoms with Crippen LogP contribution in [0.2, 0.25) is 5.02 Å².